The zero-order chi connectivity index (χ0) is 13.5. The lowest BCUT2D eigenvalue weighted by Crippen LogP contribution is -2.08. The summed E-state index contributed by atoms with van der Waals surface area (Å²) in [5.41, 5.74) is -0.279. The van der Waals surface area contributed by atoms with Gasteiger partial charge in [-0.25, -0.2) is 0 Å². The number of ether oxygens (including phenoxy) is 2. The molecule has 0 aliphatic rings. The second-order valence-corrected chi connectivity index (χ2v) is 3.67. The molecule has 0 amide bonds. The Bertz CT molecular complexity index is 444. The van der Waals surface area contributed by atoms with Crippen LogP contribution in [-0.4, -0.2) is 18.0 Å². The van der Waals surface area contributed by atoms with E-state index in [4.69, 9.17) is 9.47 Å². The average molecular weight is 253 g/mol. The lowest BCUT2D eigenvalue weighted by atomic mass is 10.2. The summed E-state index contributed by atoms with van der Waals surface area (Å²) in [7, 11) is 1.41. The smallest absolute Gasteiger partial charge is 0.315 e. The number of unbranched alkanes of at least 4 members (excludes halogenated alkanes) is 1. The fraction of sp³-hybridized carbons (Fsp3) is 0.417. The van der Waals surface area contributed by atoms with Gasteiger partial charge in [0.05, 0.1) is 18.1 Å². The maximum absolute atomic E-state index is 11.4. The molecule has 18 heavy (non-hydrogen) atoms. The molecular formula is C12H15NO5. The first-order valence-corrected chi connectivity index (χ1v) is 5.61. The van der Waals surface area contributed by atoms with Gasteiger partial charge in [-0.15, -0.1) is 0 Å². The summed E-state index contributed by atoms with van der Waals surface area (Å²) in [5.74, 6) is -0.179. The first-order chi connectivity index (χ1) is 8.58. The molecule has 0 aliphatic carbocycles. The van der Waals surface area contributed by atoms with Crippen LogP contribution >= 0.6 is 0 Å². The molecule has 0 radical (unpaired) electrons. The lowest BCUT2D eigenvalue weighted by Gasteiger charge is -2.06. The summed E-state index contributed by atoms with van der Waals surface area (Å²) in [6, 6.07) is 4.10. The summed E-state index contributed by atoms with van der Waals surface area (Å²) < 4.78 is 9.86. The second-order valence-electron chi connectivity index (χ2n) is 3.67. The van der Waals surface area contributed by atoms with Crippen molar-refractivity contribution in [1.82, 2.24) is 0 Å². The summed E-state index contributed by atoms with van der Waals surface area (Å²) in [4.78, 5) is 21.7. The van der Waals surface area contributed by atoms with Crippen molar-refractivity contribution < 1.29 is 19.2 Å². The second kappa shape index (κ2) is 6.58. The monoisotopic (exact) mass is 253 g/mol. The molecule has 6 nitrogen and oxygen atoms in total. The number of hydrogen-bond acceptors (Lipinski definition) is 5. The predicted molar refractivity (Wildman–Crippen MR) is 64.8 cm³/mol. The van der Waals surface area contributed by atoms with Crippen LogP contribution in [0.2, 0.25) is 0 Å². The van der Waals surface area contributed by atoms with Crippen molar-refractivity contribution in [2.24, 2.45) is 0 Å². The SMILES string of the molecule is CCCCC(=O)Oc1ccc(OC)cc1[N+](=O)[O-]. The van der Waals surface area contributed by atoms with Gasteiger partial charge in [-0.1, -0.05) is 13.3 Å². The number of nitro groups is 1. The van der Waals surface area contributed by atoms with Crippen molar-refractivity contribution in [3.8, 4) is 11.5 Å². The van der Waals surface area contributed by atoms with Crippen molar-refractivity contribution >= 4 is 11.7 Å². The number of nitrogens with zero attached hydrogens (tertiary/aromatic N) is 1. The van der Waals surface area contributed by atoms with Crippen molar-refractivity contribution in [1.29, 1.82) is 0 Å². The Morgan fingerprint density at radius 1 is 1.44 bits per heavy atom. The Labute approximate surface area is 105 Å². The van der Waals surface area contributed by atoms with Gasteiger partial charge in [-0.05, 0) is 18.6 Å². The van der Waals surface area contributed by atoms with Gasteiger partial charge in [0.2, 0.25) is 5.75 Å². The molecule has 0 bridgehead atoms. The highest BCUT2D eigenvalue weighted by molar-refractivity contribution is 5.74. The van der Waals surface area contributed by atoms with Crippen LogP contribution in [0.25, 0.3) is 0 Å². The third-order valence-corrected chi connectivity index (χ3v) is 2.32. The van der Waals surface area contributed by atoms with E-state index in [0.717, 1.165) is 6.42 Å². The van der Waals surface area contributed by atoms with Crippen molar-refractivity contribution in [2.45, 2.75) is 26.2 Å². The van der Waals surface area contributed by atoms with Crippen LogP contribution in [-0.2, 0) is 4.79 Å². The van der Waals surface area contributed by atoms with Crippen LogP contribution < -0.4 is 9.47 Å². The predicted octanol–water partition coefficient (Wildman–Crippen LogP) is 2.70. The van der Waals surface area contributed by atoms with Gasteiger partial charge in [0.15, 0.2) is 0 Å². The quantitative estimate of drug-likeness (QED) is 0.337. The Hall–Kier alpha value is -2.11. The van der Waals surface area contributed by atoms with Gasteiger partial charge in [-0.2, -0.15) is 0 Å². The minimum absolute atomic E-state index is 0.0538. The molecule has 1 aromatic rings. The van der Waals surface area contributed by atoms with E-state index in [2.05, 4.69) is 0 Å². The topological polar surface area (TPSA) is 78.7 Å². The molecule has 0 unspecified atom stereocenters. The minimum Gasteiger partial charge on any atom is -0.496 e. The molecule has 0 N–H and O–H groups in total. The highest BCUT2D eigenvalue weighted by Crippen LogP contribution is 2.31. The summed E-state index contributed by atoms with van der Waals surface area (Å²) in [6.07, 6.45) is 1.81. The molecule has 0 aliphatic heterocycles. The van der Waals surface area contributed by atoms with Crippen LogP contribution in [0.5, 0.6) is 11.5 Å². The first kappa shape index (κ1) is 14.0. The van der Waals surface area contributed by atoms with Gasteiger partial charge in [-0.3, -0.25) is 14.9 Å². The Balaban J connectivity index is 2.87. The zero-order valence-electron chi connectivity index (χ0n) is 10.3. The standard InChI is InChI=1S/C12H15NO5/c1-3-4-5-12(14)18-11-7-6-9(17-2)8-10(11)13(15)16/h6-8H,3-5H2,1-2H3. The minimum atomic E-state index is -0.606. The molecule has 0 spiro atoms. The Morgan fingerprint density at radius 3 is 2.72 bits per heavy atom. The number of benzene rings is 1. The van der Waals surface area contributed by atoms with E-state index >= 15 is 0 Å². The zero-order valence-corrected chi connectivity index (χ0v) is 10.3. The van der Waals surface area contributed by atoms with E-state index in [9.17, 15) is 14.9 Å². The van der Waals surface area contributed by atoms with Crippen LogP contribution in [0.3, 0.4) is 0 Å². The molecule has 0 fully saturated rings. The number of nitro benzene ring substituents is 1. The van der Waals surface area contributed by atoms with Crippen LogP contribution in [0.15, 0.2) is 18.2 Å². The van der Waals surface area contributed by atoms with Crippen molar-refractivity contribution in [3.63, 3.8) is 0 Å². The third kappa shape index (κ3) is 3.73. The first-order valence-electron chi connectivity index (χ1n) is 5.61. The van der Waals surface area contributed by atoms with E-state index < -0.39 is 10.9 Å². The molecule has 0 aromatic heterocycles. The molecular weight excluding hydrogens is 238 g/mol. The highest BCUT2D eigenvalue weighted by atomic mass is 16.6. The fourth-order valence-electron chi connectivity index (χ4n) is 1.35. The number of esters is 1. The van der Waals surface area contributed by atoms with Crippen molar-refractivity contribution in [3.05, 3.63) is 28.3 Å². The summed E-state index contributed by atoms with van der Waals surface area (Å²) in [6.45, 7) is 1.95. The normalized spacial score (nSPS) is 9.89. The summed E-state index contributed by atoms with van der Waals surface area (Å²) in [5, 5.41) is 10.8. The molecule has 6 heteroatoms. The van der Waals surface area contributed by atoms with E-state index in [1.165, 1.54) is 25.3 Å². The lowest BCUT2D eigenvalue weighted by molar-refractivity contribution is -0.385. The van der Waals surface area contributed by atoms with Crippen LogP contribution in [0, 0.1) is 10.1 Å². The van der Waals surface area contributed by atoms with Gasteiger partial charge in [0, 0.05) is 6.42 Å². The van der Waals surface area contributed by atoms with Gasteiger partial charge >= 0.3 is 11.7 Å². The van der Waals surface area contributed by atoms with E-state index in [1.54, 1.807) is 0 Å². The molecule has 1 rings (SSSR count). The van der Waals surface area contributed by atoms with Gasteiger partial charge in [0.1, 0.15) is 5.75 Å². The van der Waals surface area contributed by atoms with Crippen molar-refractivity contribution in [2.75, 3.05) is 7.11 Å². The number of carbonyl (C=O) groups excluding carboxylic acids is 1. The third-order valence-electron chi connectivity index (χ3n) is 2.32. The van der Waals surface area contributed by atoms with E-state index in [-0.39, 0.29) is 17.9 Å². The van der Waals surface area contributed by atoms with Gasteiger partial charge < -0.3 is 9.47 Å². The van der Waals surface area contributed by atoms with E-state index in [1.807, 2.05) is 6.92 Å². The number of rotatable bonds is 6. The highest BCUT2D eigenvalue weighted by Gasteiger charge is 2.18. The largest absolute Gasteiger partial charge is 0.496 e. The van der Waals surface area contributed by atoms with Crippen LogP contribution in [0.1, 0.15) is 26.2 Å². The maximum atomic E-state index is 11.4. The number of carbonyl (C=O) groups is 1. The molecule has 98 valence electrons. The van der Waals surface area contributed by atoms with Gasteiger partial charge in [0.25, 0.3) is 0 Å². The summed E-state index contributed by atoms with van der Waals surface area (Å²) >= 11 is 0. The molecule has 0 atom stereocenters. The van der Waals surface area contributed by atoms with Crippen LogP contribution in [0.4, 0.5) is 5.69 Å². The average Bonchev–Trinajstić information content (AvgIpc) is 2.36. The molecule has 0 saturated carbocycles. The molecule has 1 aromatic carbocycles. The number of methoxy groups -OCH3 is 1. The molecule has 0 heterocycles. The Morgan fingerprint density at radius 2 is 2.17 bits per heavy atom. The Kier molecular flexibility index (Phi) is 5.10. The maximum Gasteiger partial charge on any atom is 0.315 e. The van der Waals surface area contributed by atoms with E-state index in [0.29, 0.717) is 12.2 Å². The fourth-order valence-corrected chi connectivity index (χ4v) is 1.35. The molecule has 0 saturated heterocycles. The number of hydrogen-bond donors (Lipinski definition) is 0.